The summed E-state index contributed by atoms with van der Waals surface area (Å²) in [5.74, 6) is 2.14. The minimum absolute atomic E-state index is 0.0111. The largest absolute Gasteiger partial charge is 0.485 e. The standard InChI is InChI=1S/C17H13NO3S3/c19-17(24-9-11-4-3-7-22-11)12-10-23-16(18-12)15-8-20-13-5-1-2-6-14(13)21-15/h1-7,10,15H,8-9H2/t15-/m1/s1. The third-order valence-electron chi connectivity index (χ3n) is 3.44. The first-order valence-corrected chi connectivity index (χ1v) is 10.1. The van der Waals surface area contributed by atoms with Gasteiger partial charge in [0.15, 0.2) is 17.6 Å². The van der Waals surface area contributed by atoms with Crippen LogP contribution in [-0.4, -0.2) is 16.7 Å². The number of aromatic nitrogens is 1. The van der Waals surface area contributed by atoms with Crippen LogP contribution in [-0.2, 0) is 5.75 Å². The average Bonchev–Trinajstić information content (AvgIpc) is 3.31. The monoisotopic (exact) mass is 375 g/mol. The van der Waals surface area contributed by atoms with E-state index in [-0.39, 0.29) is 11.2 Å². The number of thiophene rings is 1. The molecule has 2 aromatic heterocycles. The summed E-state index contributed by atoms with van der Waals surface area (Å²) in [6, 6.07) is 11.6. The van der Waals surface area contributed by atoms with Gasteiger partial charge in [-0.25, -0.2) is 4.98 Å². The maximum absolute atomic E-state index is 12.3. The molecule has 3 heterocycles. The Morgan fingerprint density at radius 1 is 1.21 bits per heavy atom. The first kappa shape index (κ1) is 15.7. The van der Waals surface area contributed by atoms with Gasteiger partial charge in [0.1, 0.15) is 17.3 Å². The van der Waals surface area contributed by atoms with Crippen LogP contribution in [0.2, 0.25) is 0 Å². The smallest absolute Gasteiger partial charge is 0.238 e. The number of rotatable bonds is 4. The Morgan fingerprint density at radius 2 is 2.08 bits per heavy atom. The first-order valence-electron chi connectivity index (χ1n) is 7.33. The van der Waals surface area contributed by atoms with Gasteiger partial charge in [0, 0.05) is 16.0 Å². The van der Waals surface area contributed by atoms with E-state index in [2.05, 4.69) is 4.98 Å². The fourth-order valence-corrected chi connectivity index (χ4v) is 4.72. The van der Waals surface area contributed by atoms with E-state index in [1.54, 1.807) is 16.7 Å². The van der Waals surface area contributed by atoms with Gasteiger partial charge < -0.3 is 9.47 Å². The van der Waals surface area contributed by atoms with Gasteiger partial charge in [-0.3, -0.25) is 4.79 Å². The molecule has 0 saturated heterocycles. The Balaban J connectivity index is 1.42. The van der Waals surface area contributed by atoms with E-state index in [9.17, 15) is 4.79 Å². The van der Waals surface area contributed by atoms with Crippen molar-refractivity contribution in [3.63, 3.8) is 0 Å². The van der Waals surface area contributed by atoms with Gasteiger partial charge in [0.2, 0.25) is 5.12 Å². The molecule has 3 aromatic rings. The van der Waals surface area contributed by atoms with Gasteiger partial charge in [0.05, 0.1) is 0 Å². The van der Waals surface area contributed by atoms with Crippen molar-refractivity contribution in [3.8, 4) is 11.5 Å². The van der Waals surface area contributed by atoms with Crippen LogP contribution in [0.15, 0.2) is 47.2 Å². The Bertz CT molecular complexity index is 844. The van der Waals surface area contributed by atoms with E-state index in [0.29, 0.717) is 23.8 Å². The summed E-state index contributed by atoms with van der Waals surface area (Å²) in [7, 11) is 0. The van der Waals surface area contributed by atoms with Gasteiger partial charge in [-0.1, -0.05) is 30.0 Å². The highest BCUT2D eigenvalue weighted by atomic mass is 32.2. The Labute approximate surface area is 151 Å². The lowest BCUT2D eigenvalue weighted by Gasteiger charge is -2.24. The number of nitrogens with zero attached hydrogens (tertiary/aromatic N) is 1. The number of carbonyl (C=O) groups excluding carboxylic acids is 1. The molecule has 0 aliphatic carbocycles. The van der Waals surface area contributed by atoms with E-state index in [1.807, 2.05) is 41.8 Å². The van der Waals surface area contributed by atoms with Crippen LogP contribution in [0.4, 0.5) is 0 Å². The summed E-state index contributed by atoms with van der Waals surface area (Å²) in [5, 5.41) is 4.57. The molecule has 4 nitrogen and oxygen atoms in total. The number of thiazole rings is 1. The summed E-state index contributed by atoms with van der Waals surface area (Å²) in [5.41, 5.74) is 0.485. The van der Waals surface area contributed by atoms with Crippen LogP contribution < -0.4 is 9.47 Å². The van der Waals surface area contributed by atoms with Crippen molar-refractivity contribution in [2.45, 2.75) is 11.9 Å². The minimum Gasteiger partial charge on any atom is -0.485 e. The zero-order chi connectivity index (χ0) is 16.4. The molecular formula is C17H13NO3S3. The second kappa shape index (κ2) is 6.96. The quantitative estimate of drug-likeness (QED) is 0.656. The molecule has 0 amide bonds. The number of ether oxygens (including phenoxy) is 2. The van der Waals surface area contributed by atoms with E-state index < -0.39 is 0 Å². The Kier molecular flexibility index (Phi) is 4.55. The maximum atomic E-state index is 12.3. The number of thioether (sulfide) groups is 1. The first-order chi connectivity index (χ1) is 11.8. The lowest BCUT2D eigenvalue weighted by molar-refractivity contribution is 0.0908. The van der Waals surface area contributed by atoms with Crippen LogP contribution in [0.3, 0.4) is 0 Å². The second-order valence-electron chi connectivity index (χ2n) is 5.09. The second-order valence-corrected chi connectivity index (χ2v) is 7.96. The van der Waals surface area contributed by atoms with Crippen LogP contribution in [0.25, 0.3) is 0 Å². The lowest BCUT2D eigenvalue weighted by Crippen LogP contribution is -2.21. The van der Waals surface area contributed by atoms with Gasteiger partial charge in [-0.2, -0.15) is 0 Å². The van der Waals surface area contributed by atoms with Crippen molar-refractivity contribution in [2.24, 2.45) is 0 Å². The Morgan fingerprint density at radius 3 is 2.92 bits per heavy atom. The molecule has 0 unspecified atom stereocenters. The highest BCUT2D eigenvalue weighted by Crippen LogP contribution is 2.36. The van der Waals surface area contributed by atoms with Crippen molar-refractivity contribution in [1.82, 2.24) is 4.98 Å². The lowest BCUT2D eigenvalue weighted by atomic mass is 10.2. The van der Waals surface area contributed by atoms with E-state index in [0.717, 1.165) is 10.8 Å². The highest BCUT2D eigenvalue weighted by Gasteiger charge is 2.26. The minimum atomic E-state index is -0.270. The fraction of sp³-hybridized carbons (Fsp3) is 0.176. The van der Waals surface area contributed by atoms with Gasteiger partial charge >= 0.3 is 0 Å². The highest BCUT2D eigenvalue weighted by molar-refractivity contribution is 8.13. The van der Waals surface area contributed by atoms with Gasteiger partial charge in [-0.05, 0) is 23.6 Å². The summed E-state index contributed by atoms with van der Waals surface area (Å²) in [6.45, 7) is 0.403. The van der Waals surface area contributed by atoms with Crippen LogP contribution in [0.1, 0.15) is 26.5 Å². The number of hydrogen-bond acceptors (Lipinski definition) is 7. The molecule has 0 radical (unpaired) electrons. The normalized spacial score (nSPS) is 16.1. The summed E-state index contributed by atoms with van der Waals surface area (Å²) >= 11 is 4.37. The van der Waals surface area contributed by atoms with Crippen molar-refractivity contribution in [2.75, 3.05) is 6.61 Å². The van der Waals surface area contributed by atoms with Crippen LogP contribution >= 0.6 is 34.4 Å². The van der Waals surface area contributed by atoms with E-state index in [1.165, 1.54) is 28.0 Å². The van der Waals surface area contributed by atoms with E-state index >= 15 is 0 Å². The molecule has 1 aliphatic heterocycles. The van der Waals surface area contributed by atoms with E-state index in [4.69, 9.17) is 9.47 Å². The summed E-state index contributed by atoms with van der Waals surface area (Å²) in [6.07, 6.45) is -0.270. The van der Waals surface area contributed by atoms with Crippen molar-refractivity contribution < 1.29 is 14.3 Å². The van der Waals surface area contributed by atoms with Crippen molar-refractivity contribution >= 4 is 39.6 Å². The molecule has 0 N–H and O–H groups in total. The number of fused-ring (bicyclic) bond motifs is 1. The fourth-order valence-electron chi connectivity index (χ4n) is 2.28. The molecule has 4 rings (SSSR count). The molecular weight excluding hydrogens is 362 g/mol. The Hall–Kier alpha value is -1.83. The predicted molar refractivity (Wildman–Crippen MR) is 97.4 cm³/mol. The summed E-state index contributed by atoms with van der Waals surface area (Å²) in [4.78, 5) is 17.9. The third-order valence-corrected chi connectivity index (χ3v) is 6.36. The predicted octanol–water partition coefficient (Wildman–Crippen LogP) is 4.79. The third kappa shape index (κ3) is 3.33. The molecule has 122 valence electrons. The molecule has 1 atom stereocenters. The zero-order valence-electron chi connectivity index (χ0n) is 12.5. The van der Waals surface area contributed by atoms with Gasteiger partial charge in [0.25, 0.3) is 0 Å². The van der Waals surface area contributed by atoms with Crippen molar-refractivity contribution in [3.05, 3.63) is 62.7 Å². The number of benzene rings is 1. The topological polar surface area (TPSA) is 48.4 Å². The molecule has 1 aliphatic rings. The average molecular weight is 375 g/mol. The number of carbonyl (C=O) groups is 1. The molecule has 0 fully saturated rings. The molecule has 24 heavy (non-hydrogen) atoms. The molecule has 0 spiro atoms. The molecule has 0 bridgehead atoms. The van der Waals surface area contributed by atoms with Gasteiger partial charge in [-0.15, -0.1) is 22.7 Å². The summed E-state index contributed by atoms with van der Waals surface area (Å²) < 4.78 is 11.6. The van der Waals surface area contributed by atoms with Crippen molar-refractivity contribution in [1.29, 1.82) is 0 Å². The van der Waals surface area contributed by atoms with Crippen LogP contribution in [0, 0.1) is 0 Å². The maximum Gasteiger partial charge on any atom is 0.238 e. The number of para-hydroxylation sites is 2. The molecule has 7 heteroatoms. The molecule has 1 aromatic carbocycles. The van der Waals surface area contributed by atoms with Crippen LogP contribution in [0.5, 0.6) is 11.5 Å². The SMILES string of the molecule is O=C(SCc1cccs1)c1csc([C@H]2COc3ccccc3O2)n1. The zero-order valence-corrected chi connectivity index (χ0v) is 15.0. The molecule has 0 saturated carbocycles. The number of hydrogen-bond donors (Lipinski definition) is 0.